The van der Waals surface area contributed by atoms with Gasteiger partial charge in [-0.2, -0.15) is 0 Å². The minimum absolute atomic E-state index is 0.0323. The van der Waals surface area contributed by atoms with Crippen molar-refractivity contribution in [3.05, 3.63) is 46.8 Å². The number of ether oxygens (including phenoxy) is 3. The molecule has 9 heteroatoms. The molecule has 0 saturated carbocycles. The summed E-state index contributed by atoms with van der Waals surface area (Å²) in [6.07, 6.45) is 1.62. The predicted octanol–water partition coefficient (Wildman–Crippen LogP) is 3.13. The van der Waals surface area contributed by atoms with Crippen molar-refractivity contribution < 1.29 is 19.0 Å². The van der Waals surface area contributed by atoms with Crippen molar-refractivity contribution in [2.45, 2.75) is 18.9 Å². The highest BCUT2D eigenvalue weighted by atomic mass is 16.5. The summed E-state index contributed by atoms with van der Waals surface area (Å²) in [6.45, 7) is 1.35. The van der Waals surface area contributed by atoms with Gasteiger partial charge < -0.3 is 29.0 Å². The van der Waals surface area contributed by atoms with Crippen molar-refractivity contribution in [1.82, 2.24) is 19.8 Å². The number of aromatic amines is 1. The van der Waals surface area contributed by atoms with E-state index in [9.17, 15) is 9.59 Å². The van der Waals surface area contributed by atoms with E-state index in [1.54, 1.807) is 38.2 Å². The molecule has 33 heavy (non-hydrogen) atoms. The molecule has 3 aromatic rings. The largest absolute Gasteiger partial charge is 0.497 e. The van der Waals surface area contributed by atoms with Gasteiger partial charge in [-0.15, -0.1) is 0 Å². The molecule has 2 heterocycles. The number of H-pyrrole nitrogens is 1. The molecule has 1 aromatic heterocycles. The van der Waals surface area contributed by atoms with Crippen LogP contribution < -0.4 is 19.8 Å². The second-order valence-electron chi connectivity index (χ2n) is 8.14. The van der Waals surface area contributed by atoms with Gasteiger partial charge in [-0.3, -0.25) is 4.79 Å². The number of hydrogen-bond donors (Lipinski definition) is 1. The summed E-state index contributed by atoms with van der Waals surface area (Å²) >= 11 is 0. The number of benzene rings is 2. The number of nitrogens with one attached hydrogen (secondary N) is 1. The van der Waals surface area contributed by atoms with E-state index < -0.39 is 0 Å². The van der Waals surface area contributed by atoms with Crippen LogP contribution in [0.4, 0.5) is 4.79 Å². The number of carbonyl (C=O) groups excluding carboxylic acids is 1. The maximum atomic E-state index is 12.7. The summed E-state index contributed by atoms with van der Waals surface area (Å²) in [5.74, 6) is 2.16. The summed E-state index contributed by atoms with van der Waals surface area (Å²) in [6, 6.07) is 10.9. The van der Waals surface area contributed by atoms with Crippen molar-refractivity contribution in [2.24, 2.45) is 0 Å². The lowest BCUT2D eigenvalue weighted by atomic mass is 10.1. The molecule has 9 nitrogen and oxygen atoms in total. The molecule has 0 radical (unpaired) electrons. The van der Waals surface area contributed by atoms with Crippen LogP contribution in [0.15, 0.2) is 41.2 Å². The highest BCUT2D eigenvalue weighted by Crippen LogP contribution is 2.29. The lowest BCUT2D eigenvalue weighted by Crippen LogP contribution is -2.46. The van der Waals surface area contributed by atoms with Crippen LogP contribution in [0.5, 0.6) is 17.2 Å². The molecular weight excluding hydrogens is 424 g/mol. The Morgan fingerprint density at radius 2 is 1.76 bits per heavy atom. The molecule has 0 spiro atoms. The average Bonchev–Trinajstić information content (AvgIpc) is 2.83. The standard InChI is InChI=1S/C24H28N4O5/c1-27(2)24(30)28-11-9-17(10-12-28)33-16-7-5-15(6-8-16)22-25-19-13-18(31-3)14-20(32-4)21(19)23(29)26-22/h5-8,13-14,17H,9-12H2,1-4H3,(H,25,26,29). The summed E-state index contributed by atoms with van der Waals surface area (Å²) in [4.78, 5) is 35.7. The zero-order valence-electron chi connectivity index (χ0n) is 19.3. The quantitative estimate of drug-likeness (QED) is 0.639. The molecule has 1 N–H and O–H groups in total. The van der Waals surface area contributed by atoms with Gasteiger partial charge in [0, 0.05) is 57.7 Å². The van der Waals surface area contributed by atoms with Gasteiger partial charge in [-0.25, -0.2) is 9.78 Å². The zero-order chi connectivity index (χ0) is 23.5. The van der Waals surface area contributed by atoms with Gasteiger partial charge in [0.1, 0.15) is 34.6 Å². The van der Waals surface area contributed by atoms with E-state index in [-0.39, 0.29) is 17.7 Å². The molecule has 1 fully saturated rings. The zero-order valence-corrected chi connectivity index (χ0v) is 19.3. The van der Waals surface area contributed by atoms with Crippen molar-refractivity contribution in [3.8, 4) is 28.6 Å². The van der Waals surface area contributed by atoms with E-state index in [1.807, 2.05) is 29.2 Å². The van der Waals surface area contributed by atoms with Gasteiger partial charge in [-0.1, -0.05) is 0 Å². The van der Waals surface area contributed by atoms with Gasteiger partial charge in [0.2, 0.25) is 0 Å². The molecule has 1 saturated heterocycles. The van der Waals surface area contributed by atoms with Crippen molar-refractivity contribution in [1.29, 1.82) is 0 Å². The SMILES string of the molecule is COc1cc(OC)c2c(=O)[nH]c(-c3ccc(OC4CCN(C(=O)N(C)C)CC4)cc3)nc2c1. The van der Waals surface area contributed by atoms with Crippen molar-refractivity contribution in [2.75, 3.05) is 41.4 Å². The smallest absolute Gasteiger partial charge is 0.319 e. The number of nitrogens with zero attached hydrogens (tertiary/aromatic N) is 3. The van der Waals surface area contributed by atoms with E-state index >= 15 is 0 Å². The molecule has 1 aliphatic rings. The van der Waals surface area contributed by atoms with Crippen LogP contribution in [0.3, 0.4) is 0 Å². The Hall–Kier alpha value is -3.75. The fraction of sp³-hybridized carbons (Fsp3) is 0.375. The number of methoxy groups -OCH3 is 2. The van der Waals surface area contributed by atoms with E-state index in [0.717, 1.165) is 24.2 Å². The summed E-state index contributed by atoms with van der Waals surface area (Å²) < 4.78 is 16.7. The number of likely N-dealkylation sites (tertiary alicyclic amines) is 1. The summed E-state index contributed by atoms with van der Waals surface area (Å²) in [5, 5.41) is 0.376. The van der Waals surface area contributed by atoms with Gasteiger partial charge in [0.05, 0.1) is 19.7 Å². The van der Waals surface area contributed by atoms with Gasteiger partial charge in [-0.05, 0) is 24.3 Å². The third-order valence-corrected chi connectivity index (χ3v) is 5.73. The Kier molecular flexibility index (Phi) is 6.39. The lowest BCUT2D eigenvalue weighted by molar-refractivity contribution is 0.101. The number of urea groups is 1. The third kappa shape index (κ3) is 4.72. The summed E-state index contributed by atoms with van der Waals surface area (Å²) in [7, 11) is 6.58. The molecular formula is C24H28N4O5. The molecule has 0 bridgehead atoms. The highest BCUT2D eigenvalue weighted by molar-refractivity contribution is 5.87. The Labute approximate surface area is 191 Å². The van der Waals surface area contributed by atoms with Crippen LogP contribution in [0.2, 0.25) is 0 Å². The van der Waals surface area contributed by atoms with Crippen LogP contribution in [0, 0.1) is 0 Å². The number of amides is 2. The summed E-state index contributed by atoms with van der Waals surface area (Å²) in [5.41, 5.74) is 0.965. The monoisotopic (exact) mass is 452 g/mol. The minimum Gasteiger partial charge on any atom is -0.497 e. The Balaban J connectivity index is 1.49. The highest BCUT2D eigenvalue weighted by Gasteiger charge is 2.24. The number of aromatic nitrogens is 2. The number of fused-ring (bicyclic) bond motifs is 1. The van der Waals surface area contributed by atoms with Gasteiger partial charge >= 0.3 is 6.03 Å². The van der Waals surface area contributed by atoms with Crippen molar-refractivity contribution >= 4 is 16.9 Å². The van der Waals surface area contributed by atoms with E-state index in [0.29, 0.717) is 41.3 Å². The molecule has 4 rings (SSSR count). The van der Waals surface area contributed by atoms with Crippen LogP contribution >= 0.6 is 0 Å². The van der Waals surface area contributed by atoms with Crippen molar-refractivity contribution in [3.63, 3.8) is 0 Å². The Morgan fingerprint density at radius 3 is 2.36 bits per heavy atom. The first-order valence-electron chi connectivity index (χ1n) is 10.8. The first-order valence-corrected chi connectivity index (χ1v) is 10.8. The first-order chi connectivity index (χ1) is 15.9. The fourth-order valence-electron chi connectivity index (χ4n) is 3.96. The van der Waals surface area contributed by atoms with Crippen LogP contribution in [-0.2, 0) is 0 Å². The van der Waals surface area contributed by atoms with E-state index in [1.165, 1.54) is 7.11 Å². The van der Waals surface area contributed by atoms with Gasteiger partial charge in [0.25, 0.3) is 5.56 Å². The second kappa shape index (κ2) is 9.40. The van der Waals surface area contributed by atoms with E-state index in [4.69, 9.17) is 14.2 Å². The third-order valence-electron chi connectivity index (χ3n) is 5.73. The van der Waals surface area contributed by atoms with Crippen LogP contribution in [0.1, 0.15) is 12.8 Å². The average molecular weight is 453 g/mol. The fourth-order valence-corrected chi connectivity index (χ4v) is 3.96. The minimum atomic E-state index is -0.283. The van der Waals surface area contributed by atoms with Crippen LogP contribution in [0.25, 0.3) is 22.3 Å². The number of piperidine rings is 1. The molecule has 0 unspecified atom stereocenters. The maximum absolute atomic E-state index is 12.7. The molecule has 2 amide bonds. The Bertz CT molecular complexity index is 1200. The normalized spacial score (nSPS) is 14.2. The second-order valence-corrected chi connectivity index (χ2v) is 8.14. The molecule has 2 aromatic carbocycles. The topological polar surface area (TPSA) is 97.0 Å². The molecule has 0 aliphatic carbocycles. The predicted molar refractivity (Wildman–Crippen MR) is 125 cm³/mol. The van der Waals surface area contributed by atoms with Crippen LogP contribution in [-0.4, -0.2) is 73.3 Å². The molecule has 1 aliphatic heterocycles. The number of hydrogen-bond acceptors (Lipinski definition) is 6. The number of carbonyl (C=O) groups is 1. The lowest BCUT2D eigenvalue weighted by Gasteiger charge is -2.33. The first kappa shape index (κ1) is 22.4. The van der Waals surface area contributed by atoms with E-state index in [2.05, 4.69) is 9.97 Å². The maximum Gasteiger partial charge on any atom is 0.319 e. The molecule has 174 valence electrons. The van der Waals surface area contributed by atoms with Gasteiger partial charge in [0.15, 0.2) is 0 Å². The number of rotatable bonds is 5. The molecule has 0 atom stereocenters. The Morgan fingerprint density at radius 1 is 1.06 bits per heavy atom.